The van der Waals surface area contributed by atoms with Gasteiger partial charge in [-0.25, -0.2) is 18.2 Å². The van der Waals surface area contributed by atoms with E-state index in [0.717, 1.165) is 41.9 Å². The number of benzene rings is 1. The third-order valence-corrected chi connectivity index (χ3v) is 6.42. The van der Waals surface area contributed by atoms with E-state index in [1.54, 1.807) is 12.1 Å². The van der Waals surface area contributed by atoms with Gasteiger partial charge in [-0.05, 0) is 73.9 Å². The van der Waals surface area contributed by atoms with Gasteiger partial charge in [-0.15, -0.1) is 0 Å². The molecular weight excluding hydrogens is 389 g/mol. The predicted octanol–water partition coefficient (Wildman–Crippen LogP) is 6.41. The molecule has 1 aromatic carbocycles. The number of hydrogen-bond acceptors (Lipinski definition) is 3. The fraction of sp³-hybridized carbons (Fsp3) is 0.542. The summed E-state index contributed by atoms with van der Waals surface area (Å²) in [4.78, 5) is 4.88. The average Bonchev–Trinajstić information content (AvgIpc) is 3.11. The number of halogens is 3. The summed E-state index contributed by atoms with van der Waals surface area (Å²) >= 11 is 0. The summed E-state index contributed by atoms with van der Waals surface area (Å²) in [6.07, 6.45) is 2.57. The Morgan fingerprint density at radius 1 is 1.17 bits per heavy atom. The van der Waals surface area contributed by atoms with E-state index in [1.165, 1.54) is 12.1 Å². The van der Waals surface area contributed by atoms with Crippen LogP contribution in [0.5, 0.6) is 0 Å². The van der Waals surface area contributed by atoms with Gasteiger partial charge >= 0.3 is 0 Å². The number of aromatic nitrogens is 1. The molecule has 0 amide bonds. The van der Waals surface area contributed by atoms with Crippen molar-refractivity contribution in [2.75, 3.05) is 18.5 Å². The van der Waals surface area contributed by atoms with Gasteiger partial charge < -0.3 is 10.1 Å². The fourth-order valence-corrected chi connectivity index (χ4v) is 4.43. The Morgan fingerprint density at radius 3 is 2.53 bits per heavy atom. The van der Waals surface area contributed by atoms with Gasteiger partial charge in [0, 0.05) is 25.0 Å². The van der Waals surface area contributed by atoms with Gasteiger partial charge in [-0.3, -0.25) is 0 Å². The number of nitrogens with one attached hydrogen (secondary N) is 1. The van der Waals surface area contributed by atoms with E-state index in [4.69, 9.17) is 9.72 Å². The molecule has 2 heterocycles. The molecule has 1 aliphatic carbocycles. The van der Waals surface area contributed by atoms with Crippen LogP contribution in [0.3, 0.4) is 0 Å². The topological polar surface area (TPSA) is 34.2 Å². The molecule has 6 heteroatoms. The number of ether oxygens (including phenoxy) is 1. The average molecular weight is 419 g/mol. The number of rotatable bonds is 7. The van der Waals surface area contributed by atoms with Crippen LogP contribution in [0.2, 0.25) is 0 Å². The summed E-state index contributed by atoms with van der Waals surface area (Å²) in [6, 6.07) is 10.3. The van der Waals surface area contributed by atoms with Crippen LogP contribution in [0.15, 0.2) is 36.4 Å². The van der Waals surface area contributed by atoms with Crippen molar-refractivity contribution in [3.63, 3.8) is 0 Å². The highest BCUT2D eigenvalue weighted by molar-refractivity contribution is 5.63. The minimum atomic E-state index is -2.46. The maximum Gasteiger partial charge on any atom is 0.248 e. The van der Waals surface area contributed by atoms with E-state index >= 15 is 0 Å². The Balaban J connectivity index is 1.55. The van der Waals surface area contributed by atoms with Gasteiger partial charge in [-0.1, -0.05) is 13.0 Å². The number of anilines is 1. The Kier molecular flexibility index (Phi) is 5.80. The normalized spacial score (nSPS) is 24.4. The SMILES string of the molecule is CC(CCC1CC(F)(F)C1)c1ccc(-c2ccc(F)cc2)nc1NC1(C)CCOC1. The number of pyridine rings is 1. The molecule has 0 radical (unpaired) electrons. The van der Waals surface area contributed by atoms with Crippen molar-refractivity contribution in [1.29, 1.82) is 0 Å². The van der Waals surface area contributed by atoms with Gasteiger partial charge in [0.25, 0.3) is 0 Å². The van der Waals surface area contributed by atoms with Crippen molar-refractivity contribution >= 4 is 5.82 Å². The van der Waals surface area contributed by atoms with Crippen LogP contribution in [0.4, 0.5) is 19.0 Å². The van der Waals surface area contributed by atoms with Crippen molar-refractivity contribution < 1.29 is 17.9 Å². The Morgan fingerprint density at radius 2 is 1.90 bits per heavy atom. The second kappa shape index (κ2) is 8.22. The predicted molar refractivity (Wildman–Crippen MR) is 112 cm³/mol. The number of nitrogens with zero attached hydrogens (tertiary/aromatic N) is 1. The molecule has 2 aromatic rings. The van der Waals surface area contributed by atoms with Gasteiger partial charge in [0.1, 0.15) is 11.6 Å². The summed E-state index contributed by atoms with van der Waals surface area (Å²) in [5.74, 6) is -1.62. The molecule has 162 valence electrons. The van der Waals surface area contributed by atoms with E-state index in [1.807, 2.05) is 6.07 Å². The Labute approximate surface area is 176 Å². The van der Waals surface area contributed by atoms with E-state index in [2.05, 4.69) is 25.2 Å². The van der Waals surface area contributed by atoms with Crippen LogP contribution in [-0.2, 0) is 4.74 Å². The van der Waals surface area contributed by atoms with Gasteiger partial charge in [0.05, 0.1) is 17.8 Å². The van der Waals surface area contributed by atoms with E-state index in [-0.39, 0.29) is 36.0 Å². The zero-order valence-electron chi connectivity index (χ0n) is 17.6. The van der Waals surface area contributed by atoms with Crippen LogP contribution in [-0.4, -0.2) is 29.7 Å². The van der Waals surface area contributed by atoms with E-state index < -0.39 is 5.92 Å². The standard InChI is InChI=1S/C24H29F3N2O/c1-16(3-4-17-13-24(26,27)14-17)20-9-10-21(18-5-7-19(25)8-6-18)28-22(20)29-23(2)11-12-30-15-23/h5-10,16-17H,3-4,11-15H2,1-2H3,(H,28,29). The third kappa shape index (κ3) is 4.80. The largest absolute Gasteiger partial charge is 0.379 e. The maximum atomic E-state index is 13.3. The molecule has 3 nitrogen and oxygen atoms in total. The van der Waals surface area contributed by atoms with Gasteiger partial charge in [-0.2, -0.15) is 0 Å². The molecule has 1 N–H and O–H groups in total. The molecular formula is C24H29F3N2O. The van der Waals surface area contributed by atoms with Crippen molar-refractivity contribution in [3.05, 3.63) is 47.8 Å². The highest BCUT2D eigenvalue weighted by atomic mass is 19.3. The second-order valence-corrected chi connectivity index (χ2v) is 9.24. The van der Waals surface area contributed by atoms with Gasteiger partial charge in [0.15, 0.2) is 0 Å². The lowest BCUT2D eigenvalue weighted by molar-refractivity contribution is -0.112. The molecule has 0 bridgehead atoms. The zero-order chi connectivity index (χ0) is 21.4. The minimum absolute atomic E-state index is 0.0159. The number of alkyl halides is 2. The molecule has 1 aliphatic heterocycles. The Bertz CT molecular complexity index is 871. The Hall–Kier alpha value is -2.08. The quantitative estimate of drug-likeness (QED) is 0.564. The summed E-state index contributed by atoms with van der Waals surface area (Å²) in [5, 5.41) is 3.59. The maximum absolute atomic E-state index is 13.3. The smallest absolute Gasteiger partial charge is 0.248 e. The lowest BCUT2D eigenvalue weighted by atomic mass is 9.77. The summed E-state index contributed by atoms with van der Waals surface area (Å²) < 4.78 is 45.2. The number of hydrogen-bond donors (Lipinski definition) is 1. The first-order chi connectivity index (χ1) is 14.2. The first-order valence-corrected chi connectivity index (χ1v) is 10.7. The molecule has 4 rings (SSSR count). The van der Waals surface area contributed by atoms with E-state index in [0.29, 0.717) is 13.2 Å². The van der Waals surface area contributed by atoms with Crippen molar-refractivity contribution in [1.82, 2.24) is 4.98 Å². The van der Waals surface area contributed by atoms with Crippen LogP contribution >= 0.6 is 0 Å². The molecule has 1 saturated carbocycles. The van der Waals surface area contributed by atoms with Crippen molar-refractivity contribution in [2.24, 2.45) is 5.92 Å². The molecule has 30 heavy (non-hydrogen) atoms. The molecule has 2 atom stereocenters. The van der Waals surface area contributed by atoms with E-state index in [9.17, 15) is 13.2 Å². The van der Waals surface area contributed by atoms with Crippen LogP contribution < -0.4 is 5.32 Å². The molecule has 1 saturated heterocycles. The fourth-order valence-electron chi connectivity index (χ4n) is 4.43. The van der Waals surface area contributed by atoms with Crippen LogP contribution in [0.1, 0.15) is 57.4 Å². The molecule has 2 unspecified atom stereocenters. The molecule has 2 aliphatic rings. The van der Waals surface area contributed by atoms with Crippen LogP contribution in [0, 0.1) is 11.7 Å². The molecule has 2 fully saturated rings. The molecule has 1 aromatic heterocycles. The first-order valence-electron chi connectivity index (χ1n) is 10.7. The third-order valence-electron chi connectivity index (χ3n) is 6.42. The highest BCUT2D eigenvalue weighted by Gasteiger charge is 2.44. The van der Waals surface area contributed by atoms with Crippen molar-refractivity contribution in [2.45, 2.75) is 63.3 Å². The van der Waals surface area contributed by atoms with Crippen LogP contribution in [0.25, 0.3) is 11.3 Å². The lowest BCUT2D eigenvalue weighted by Gasteiger charge is -2.35. The minimum Gasteiger partial charge on any atom is -0.379 e. The summed E-state index contributed by atoms with van der Waals surface area (Å²) in [6.45, 7) is 5.57. The van der Waals surface area contributed by atoms with Crippen molar-refractivity contribution in [3.8, 4) is 11.3 Å². The highest BCUT2D eigenvalue weighted by Crippen LogP contribution is 2.45. The first kappa shape index (κ1) is 21.2. The van der Waals surface area contributed by atoms with Gasteiger partial charge in [0.2, 0.25) is 5.92 Å². The monoisotopic (exact) mass is 418 g/mol. The zero-order valence-corrected chi connectivity index (χ0v) is 17.6. The lowest BCUT2D eigenvalue weighted by Crippen LogP contribution is -2.36. The molecule has 0 spiro atoms. The summed E-state index contributed by atoms with van der Waals surface area (Å²) in [7, 11) is 0. The second-order valence-electron chi connectivity index (χ2n) is 9.24. The summed E-state index contributed by atoms with van der Waals surface area (Å²) in [5.41, 5.74) is 2.51.